The lowest BCUT2D eigenvalue weighted by molar-refractivity contribution is 0.0941. The van der Waals surface area contributed by atoms with Crippen molar-refractivity contribution in [2.75, 3.05) is 0 Å². The summed E-state index contributed by atoms with van der Waals surface area (Å²) in [6.45, 7) is 0. The van der Waals surface area contributed by atoms with Gasteiger partial charge in [-0.3, -0.25) is 4.79 Å². The van der Waals surface area contributed by atoms with E-state index in [2.05, 4.69) is 21.5 Å². The zero-order valence-corrected chi connectivity index (χ0v) is 11.6. The number of H-pyrrole nitrogens is 1. The molecule has 0 saturated carbocycles. The first-order valence-electron chi connectivity index (χ1n) is 6.72. The van der Waals surface area contributed by atoms with Crippen LogP contribution in [0.1, 0.15) is 22.1 Å². The molecule has 6 nitrogen and oxygen atoms in total. The van der Waals surface area contributed by atoms with Crippen LogP contribution in [0.3, 0.4) is 0 Å². The van der Waals surface area contributed by atoms with E-state index in [1.54, 1.807) is 35.4 Å². The van der Waals surface area contributed by atoms with E-state index in [9.17, 15) is 10.1 Å². The second-order valence-electron chi connectivity index (χ2n) is 4.67. The van der Waals surface area contributed by atoms with Crippen LogP contribution in [-0.2, 0) is 0 Å². The summed E-state index contributed by atoms with van der Waals surface area (Å²) in [4.78, 5) is 14.8. The van der Waals surface area contributed by atoms with E-state index in [0.717, 1.165) is 5.69 Å². The van der Waals surface area contributed by atoms with Gasteiger partial charge >= 0.3 is 0 Å². The fraction of sp³-hybridized carbons (Fsp3) is 0.0625. The van der Waals surface area contributed by atoms with Crippen molar-refractivity contribution in [1.82, 2.24) is 20.1 Å². The Kier molecular flexibility index (Phi) is 3.70. The number of aromatic amines is 1. The quantitative estimate of drug-likeness (QED) is 0.772. The predicted octanol–water partition coefficient (Wildman–Crippen LogP) is 2.20. The fourth-order valence-electron chi connectivity index (χ4n) is 2.08. The Morgan fingerprint density at radius 2 is 2.09 bits per heavy atom. The third-order valence-electron chi connectivity index (χ3n) is 3.20. The highest BCUT2D eigenvalue weighted by Crippen LogP contribution is 2.14. The zero-order chi connectivity index (χ0) is 15.4. The molecule has 0 bridgehead atoms. The summed E-state index contributed by atoms with van der Waals surface area (Å²) >= 11 is 0. The number of benzene rings is 1. The molecule has 0 aliphatic rings. The SMILES string of the molecule is N#C[C@H](NC(=O)c1ccc[nH]1)c1cnn(-c2ccccc2)c1. The Labute approximate surface area is 127 Å². The lowest BCUT2D eigenvalue weighted by Gasteiger charge is -2.08. The zero-order valence-electron chi connectivity index (χ0n) is 11.6. The van der Waals surface area contributed by atoms with Crippen LogP contribution in [0.5, 0.6) is 0 Å². The standard InChI is InChI=1S/C16H13N5O/c17-9-15(20-16(22)14-7-4-8-18-14)12-10-19-21(11-12)13-5-2-1-3-6-13/h1-8,10-11,15,18H,(H,20,22)/t15-/m0/s1. The lowest BCUT2D eigenvalue weighted by atomic mass is 10.2. The minimum Gasteiger partial charge on any atom is -0.357 e. The van der Waals surface area contributed by atoms with Crippen molar-refractivity contribution in [3.05, 3.63) is 72.3 Å². The minimum atomic E-state index is -0.756. The number of rotatable bonds is 4. The van der Waals surface area contributed by atoms with Crippen molar-refractivity contribution < 1.29 is 4.79 Å². The highest BCUT2D eigenvalue weighted by Gasteiger charge is 2.17. The lowest BCUT2D eigenvalue weighted by Crippen LogP contribution is -2.27. The first-order chi connectivity index (χ1) is 10.8. The van der Waals surface area contributed by atoms with E-state index in [-0.39, 0.29) is 5.91 Å². The molecule has 3 aromatic rings. The molecule has 0 fully saturated rings. The van der Waals surface area contributed by atoms with Gasteiger partial charge in [-0.2, -0.15) is 10.4 Å². The molecule has 0 aliphatic carbocycles. The van der Waals surface area contributed by atoms with Gasteiger partial charge in [0.25, 0.3) is 5.91 Å². The molecule has 1 amide bonds. The van der Waals surface area contributed by atoms with Crippen molar-refractivity contribution in [2.45, 2.75) is 6.04 Å². The summed E-state index contributed by atoms with van der Waals surface area (Å²) in [6.07, 6.45) is 4.97. The van der Waals surface area contributed by atoms with Crippen molar-refractivity contribution in [2.24, 2.45) is 0 Å². The largest absolute Gasteiger partial charge is 0.357 e. The van der Waals surface area contributed by atoms with Crippen molar-refractivity contribution in [3.63, 3.8) is 0 Å². The van der Waals surface area contributed by atoms with Gasteiger partial charge in [-0.1, -0.05) is 18.2 Å². The topological polar surface area (TPSA) is 86.5 Å². The molecule has 1 aromatic carbocycles. The Morgan fingerprint density at radius 1 is 1.27 bits per heavy atom. The number of carbonyl (C=O) groups is 1. The van der Waals surface area contributed by atoms with Gasteiger partial charge in [0, 0.05) is 18.0 Å². The average molecular weight is 291 g/mol. The summed E-state index contributed by atoms with van der Waals surface area (Å²) < 4.78 is 1.67. The molecule has 0 spiro atoms. The molecular formula is C16H13N5O. The van der Waals surface area contributed by atoms with Crippen LogP contribution in [0, 0.1) is 11.3 Å². The second-order valence-corrected chi connectivity index (χ2v) is 4.67. The number of hydrogen-bond acceptors (Lipinski definition) is 3. The molecule has 2 heterocycles. The molecule has 6 heteroatoms. The molecule has 0 saturated heterocycles. The van der Waals surface area contributed by atoms with Crippen LogP contribution in [-0.4, -0.2) is 20.7 Å². The number of para-hydroxylation sites is 1. The van der Waals surface area contributed by atoms with Gasteiger partial charge in [0.05, 0.1) is 18.0 Å². The average Bonchev–Trinajstić information content (AvgIpc) is 3.24. The molecule has 22 heavy (non-hydrogen) atoms. The number of nitrogens with one attached hydrogen (secondary N) is 2. The normalized spacial score (nSPS) is 11.6. The molecule has 0 unspecified atom stereocenters. The second kappa shape index (κ2) is 5.97. The van der Waals surface area contributed by atoms with E-state index in [0.29, 0.717) is 11.3 Å². The number of aromatic nitrogens is 3. The molecule has 1 atom stereocenters. The summed E-state index contributed by atoms with van der Waals surface area (Å²) in [6, 6.07) is 14.3. The predicted molar refractivity (Wildman–Crippen MR) is 80.2 cm³/mol. The number of nitriles is 1. The fourth-order valence-corrected chi connectivity index (χ4v) is 2.08. The van der Waals surface area contributed by atoms with Crippen LogP contribution >= 0.6 is 0 Å². The minimum absolute atomic E-state index is 0.330. The smallest absolute Gasteiger partial charge is 0.268 e. The third kappa shape index (κ3) is 2.74. The molecular weight excluding hydrogens is 278 g/mol. The first-order valence-corrected chi connectivity index (χ1v) is 6.72. The monoisotopic (exact) mass is 291 g/mol. The van der Waals surface area contributed by atoms with E-state index in [1.165, 1.54) is 0 Å². The molecule has 2 N–H and O–H groups in total. The maximum absolute atomic E-state index is 12.0. The van der Waals surface area contributed by atoms with Crippen molar-refractivity contribution >= 4 is 5.91 Å². The van der Waals surface area contributed by atoms with Crippen LogP contribution < -0.4 is 5.32 Å². The van der Waals surface area contributed by atoms with Gasteiger partial charge < -0.3 is 10.3 Å². The summed E-state index contributed by atoms with van der Waals surface area (Å²) in [5.74, 6) is -0.330. The van der Waals surface area contributed by atoms with Gasteiger partial charge in [0.2, 0.25) is 0 Å². The molecule has 108 valence electrons. The molecule has 2 aromatic heterocycles. The van der Waals surface area contributed by atoms with Gasteiger partial charge in [-0.25, -0.2) is 4.68 Å². The van der Waals surface area contributed by atoms with Crippen molar-refractivity contribution in [1.29, 1.82) is 5.26 Å². The summed E-state index contributed by atoms with van der Waals surface area (Å²) in [7, 11) is 0. The third-order valence-corrected chi connectivity index (χ3v) is 3.20. The van der Waals surface area contributed by atoms with E-state index in [1.807, 2.05) is 30.3 Å². The van der Waals surface area contributed by atoms with E-state index < -0.39 is 6.04 Å². The van der Waals surface area contributed by atoms with Gasteiger partial charge in [0.15, 0.2) is 0 Å². The Morgan fingerprint density at radius 3 is 2.77 bits per heavy atom. The number of nitrogens with zero attached hydrogens (tertiary/aromatic N) is 3. The summed E-state index contributed by atoms with van der Waals surface area (Å²) in [5.41, 5.74) is 1.93. The Hall–Kier alpha value is -3.33. The van der Waals surface area contributed by atoms with Crippen LogP contribution in [0.2, 0.25) is 0 Å². The van der Waals surface area contributed by atoms with Gasteiger partial charge in [0.1, 0.15) is 11.7 Å². The maximum atomic E-state index is 12.0. The molecule has 3 rings (SSSR count). The van der Waals surface area contributed by atoms with Crippen LogP contribution in [0.25, 0.3) is 5.69 Å². The Balaban J connectivity index is 1.79. The van der Waals surface area contributed by atoms with Gasteiger partial charge in [-0.05, 0) is 24.3 Å². The highest BCUT2D eigenvalue weighted by molar-refractivity contribution is 5.92. The number of hydrogen-bond donors (Lipinski definition) is 2. The number of amides is 1. The van der Waals surface area contributed by atoms with Gasteiger partial charge in [-0.15, -0.1) is 0 Å². The van der Waals surface area contributed by atoms with E-state index in [4.69, 9.17) is 0 Å². The number of carbonyl (C=O) groups excluding carboxylic acids is 1. The van der Waals surface area contributed by atoms with Crippen LogP contribution in [0.4, 0.5) is 0 Å². The molecule has 0 radical (unpaired) electrons. The molecule has 0 aliphatic heterocycles. The Bertz CT molecular complexity index is 799. The van der Waals surface area contributed by atoms with Crippen molar-refractivity contribution in [3.8, 4) is 11.8 Å². The highest BCUT2D eigenvalue weighted by atomic mass is 16.1. The van der Waals surface area contributed by atoms with E-state index >= 15 is 0 Å². The van der Waals surface area contributed by atoms with Crippen LogP contribution in [0.15, 0.2) is 61.1 Å². The summed E-state index contributed by atoms with van der Waals surface area (Å²) in [5, 5.41) is 16.2. The maximum Gasteiger partial charge on any atom is 0.268 e. The first kappa shape index (κ1) is 13.6.